The van der Waals surface area contributed by atoms with Gasteiger partial charge in [0.2, 0.25) is 11.9 Å². The summed E-state index contributed by atoms with van der Waals surface area (Å²) in [6.07, 6.45) is 0. The van der Waals surface area contributed by atoms with E-state index in [0.717, 1.165) is 0 Å². The largest absolute Gasteiger partial charge is 0.368 e. The molecule has 0 unspecified atom stereocenters. The van der Waals surface area contributed by atoms with Crippen LogP contribution in [0.2, 0.25) is 0 Å². The predicted octanol–water partition coefficient (Wildman–Crippen LogP) is 3.91. The Morgan fingerprint density at radius 3 is 2.44 bits per heavy atom. The van der Waals surface area contributed by atoms with Gasteiger partial charge in [-0.3, -0.25) is 0 Å². The average Bonchev–Trinajstić information content (AvgIpc) is 2.58. The van der Waals surface area contributed by atoms with Crippen LogP contribution in [0.4, 0.5) is 26.4 Å². The van der Waals surface area contributed by atoms with Crippen molar-refractivity contribution < 1.29 is 8.78 Å². The third kappa shape index (κ3) is 4.87. The Morgan fingerprint density at radius 1 is 0.920 bits per heavy atom. The molecule has 2 aromatic carbocycles. The Kier molecular flexibility index (Phi) is 5.39. The van der Waals surface area contributed by atoms with Gasteiger partial charge >= 0.3 is 0 Å². The number of aromatic nitrogens is 3. The van der Waals surface area contributed by atoms with Crippen LogP contribution < -0.4 is 11.1 Å². The first-order chi connectivity index (χ1) is 12.1. The minimum atomic E-state index is -0.328. The van der Waals surface area contributed by atoms with Gasteiger partial charge in [0.15, 0.2) is 0 Å². The minimum absolute atomic E-state index is 0.0844. The van der Waals surface area contributed by atoms with Crippen molar-refractivity contribution in [2.75, 3.05) is 11.1 Å². The van der Waals surface area contributed by atoms with Gasteiger partial charge in [0, 0.05) is 11.4 Å². The molecule has 3 rings (SSSR count). The molecule has 0 saturated heterocycles. The molecule has 25 heavy (non-hydrogen) atoms. The van der Waals surface area contributed by atoms with E-state index in [1.165, 1.54) is 30.0 Å². The summed E-state index contributed by atoms with van der Waals surface area (Å²) in [6.45, 7) is 0. The van der Waals surface area contributed by atoms with Crippen molar-refractivity contribution >= 4 is 29.3 Å². The number of benzene rings is 2. The first-order valence-corrected chi connectivity index (χ1v) is 8.60. The lowest BCUT2D eigenvalue weighted by Gasteiger charge is -2.07. The van der Waals surface area contributed by atoms with Gasteiger partial charge in [-0.15, -0.1) is 11.8 Å². The fourth-order valence-electron chi connectivity index (χ4n) is 2.09. The first-order valence-electron chi connectivity index (χ1n) is 7.44. The quantitative estimate of drug-likeness (QED) is 0.695. The fourth-order valence-corrected chi connectivity index (χ4v) is 2.96. The summed E-state index contributed by atoms with van der Waals surface area (Å²) in [5.41, 5.74) is 6.97. The molecule has 0 saturated carbocycles. The van der Waals surface area contributed by atoms with Gasteiger partial charge in [0.05, 0.1) is 5.75 Å². The van der Waals surface area contributed by atoms with E-state index >= 15 is 0 Å². The van der Waals surface area contributed by atoms with Crippen LogP contribution in [0.25, 0.3) is 0 Å². The fraction of sp³-hybridized carbons (Fsp3) is 0.118. The molecule has 0 bridgehead atoms. The Hall–Kier alpha value is -2.74. The second-order valence-corrected chi connectivity index (χ2v) is 6.14. The molecule has 0 aliphatic heterocycles. The van der Waals surface area contributed by atoms with Gasteiger partial charge in [-0.05, 0) is 35.9 Å². The Morgan fingerprint density at radius 2 is 1.68 bits per heavy atom. The van der Waals surface area contributed by atoms with Gasteiger partial charge in [0.25, 0.3) is 0 Å². The SMILES string of the molecule is Nc1nc(CSCc2ccccc2F)nc(Nc2ccc(F)cc2)n1. The standard InChI is InChI=1S/C17H15F2N5S/c18-12-5-7-13(8-6-12)21-17-23-15(22-16(20)24-17)10-25-9-11-3-1-2-4-14(11)19/h1-8H,9-10H2,(H3,20,21,22,23,24). The van der Waals surface area contributed by atoms with Gasteiger partial charge in [-0.2, -0.15) is 15.0 Å². The summed E-state index contributed by atoms with van der Waals surface area (Å²) >= 11 is 1.47. The van der Waals surface area contributed by atoms with Crippen LogP contribution >= 0.6 is 11.8 Å². The van der Waals surface area contributed by atoms with Crippen LogP contribution in [-0.4, -0.2) is 15.0 Å². The molecule has 5 nitrogen and oxygen atoms in total. The number of hydrogen-bond donors (Lipinski definition) is 2. The lowest BCUT2D eigenvalue weighted by molar-refractivity contribution is 0.617. The van der Waals surface area contributed by atoms with Crippen molar-refractivity contribution in [3.63, 3.8) is 0 Å². The number of halogens is 2. The maximum Gasteiger partial charge on any atom is 0.232 e. The van der Waals surface area contributed by atoms with Crippen LogP contribution in [0, 0.1) is 11.6 Å². The van der Waals surface area contributed by atoms with Crippen molar-refractivity contribution in [2.45, 2.75) is 11.5 Å². The maximum atomic E-state index is 13.6. The third-order valence-corrected chi connectivity index (χ3v) is 4.22. The topological polar surface area (TPSA) is 76.7 Å². The third-order valence-electron chi connectivity index (χ3n) is 3.25. The van der Waals surface area contributed by atoms with Crippen molar-refractivity contribution in [3.05, 3.63) is 71.6 Å². The molecule has 3 N–H and O–H groups in total. The minimum Gasteiger partial charge on any atom is -0.368 e. The number of nitrogen functional groups attached to an aromatic ring is 1. The first kappa shape index (κ1) is 17.1. The van der Waals surface area contributed by atoms with E-state index in [1.807, 2.05) is 0 Å². The van der Waals surface area contributed by atoms with E-state index in [-0.39, 0.29) is 23.5 Å². The molecule has 0 fully saturated rings. The number of rotatable bonds is 6. The normalized spacial score (nSPS) is 10.6. The molecule has 0 radical (unpaired) electrons. The van der Waals surface area contributed by atoms with E-state index in [4.69, 9.17) is 5.73 Å². The predicted molar refractivity (Wildman–Crippen MR) is 95.3 cm³/mol. The highest BCUT2D eigenvalue weighted by Crippen LogP contribution is 2.20. The summed E-state index contributed by atoms with van der Waals surface area (Å²) in [4.78, 5) is 12.4. The van der Waals surface area contributed by atoms with Crippen LogP contribution in [0.1, 0.15) is 11.4 Å². The molecule has 3 aromatic rings. The van der Waals surface area contributed by atoms with Crippen molar-refractivity contribution in [1.82, 2.24) is 15.0 Å². The highest BCUT2D eigenvalue weighted by molar-refractivity contribution is 7.97. The molecule has 0 amide bonds. The molecular weight excluding hydrogens is 344 g/mol. The molecule has 0 aliphatic rings. The lowest BCUT2D eigenvalue weighted by Crippen LogP contribution is -2.06. The van der Waals surface area contributed by atoms with Gasteiger partial charge in [0.1, 0.15) is 17.5 Å². The van der Waals surface area contributed by atoms with Crippen LogP contribution in [0.5, 0.6) is 0 Å². The lowest BCUT2D eigenvalue weighted by atomic mass is 10.2. The van der Waals surface area contributed by atoms with Crippen molar-refractivity contribution in [1.29, 1.82) is 0 Å². The second kappa shape index (κ2) is 7.89. The molecule has 0 atom stereocenters. The van der Waals surface area contributed by atoms with Crippen LogP contribution in [0.3, 0.4) is 0 Å². The van der Waals surface area contributed by atoms with Gasteiger partial charge < -0.3 is 11.1 Å². The van der Waals surface area contributed by atoms with E-state index in [2.05, 4.69) is 20.3 Å². The Bertz CT molecular complexity index is 858. The monoisotopic (exact) mass is 359 g/mol. The van der Waals surface area contributed by atoms with Crippen molar-refractivity contribution in [3.8, 4) is 0 Å². The van der Waals surface area contributed by atoms with E-state index in [1.54, 1.807) is 30.3 Å². The van der Waals surface area contributed by atoms with Crippen LogP contribution in [0.15, 0.2) is 48.5 Å². The Balaban J connectivity index is 1.65. The van der Waals surface area contributed by atoms with E-state index in [9.17, 15) is 8.78 Å². The van der Waals surface area contributed by atoms with E-state index in [0.29, 0.717) is 28.6 Å². The summed E-state index contributed by atoms with van der Waals surface area (Å²) < 4.78 is 26.5. The average molecular weight is 359 g/mol. The van der Waals surface area contributed by atoms with Gasteiger partial charge in [-0.1, -0.05) is 18.2 Å². The number of anilines is 3. The summed E-state index contributed by atoms with van der Waals surface area (Å²) in [5, 5.41) is 2.95. The number of nitrogens with two attached hydrogens (primary N) is 1. The second-order valence-electron chi connectivity index (χ2n) is 5.15. The summed E-state index contributed by atoms with van der Waals surface area (Å²) in [6, 6.07) is 12.4. The number of thioether (sulfide) groups is 1. The molecule has 128 valence electrons. The van der Waals surface area contributed by atoms with Gasteiger partial charge in [-0.25, -0.2) is 8.78 Å². The van der Waals surface area contributed by atoms with E-state index < -0.39 is 0 Å². The summed E-state index contributed by atoms with van der Waals surface area (Å²) in [7, 11) is 0. The highest BCUT2D eigenvalue weighted by Gasteiger charge is 2.07. The molecule has 0 spiro atoms. The highest BCUT2D eigenvalue weighted by atomic mass is 32.2. The number of nitrogens with one attached hydrogen (secondary N) is 1. The maximum absolute atomic E-state index is 13.6. The van der Waals surface area contributed by atoms with Crippen LogP contribution in [-0.2, 0) is 11.5 Å². The molecule has 1 heterocycles. The molecule has 0 aliphatic carbocycles. The molecular formula is C17H15F2N5S. The number of hydrogen-bond acceptors (Lipinski definition) is 6. The van der Waals surface area contributed by atoms with Crippen molar-refractivity contribution in [2.24, 2.45) is 0 Å². The summed E-state index contributed by atoms with van der Waals surface area (Å²) in [5.74, 6) is 1.24. The Labute approximate surface area is 147 Å². The smallest absolute Gasteiger partial charge is 0.232 e. The zero-order valence-corrected chi connectivity index (χ0v) is 13.9. The number of nitrogens with zero attached hydrogens (tertiary/aromatic N) is 3. The zero-order valence-electron chi connectivity index (χ0n) is 13.1. The molecule has 8 heteroatoms. The zero-order chi connectivity index (χ0) is 17.6. The molecule has 1 aromatic heterocycles.